The van der Waals surface area contributed by atoms with E-state index in [1.54, 1.807) is 7.11 Å². The molecule has 0 fully saturated rings. The lowest BCUT2D eigenvalue weighted by Gasteiger charge is -2.03. The molecule has 2 aromatic carbocycles. The average molecular weight is 403 g/mol. The van der Waals surface area contributed by atoms with E-state index >= 15 is 0 Å². The van der Waals surface area contributed by atoms with Crippen molar-refractivity contribution in [3.63, 3.8) is 0 Å². The topological polar surface area (TPSA) is 62.2 Å². The highest BCUT2D eigenvalue weighted by Crippen LogP contribution is 2.35. The molecule has 0 spiro atoms. The summed E-state index contributed by atoms with van der Waals surface area (Å²) in [6.45, 7) is 0. The van der Waals surface area contributed by atoms with E-state index in [2.05, 4.69) is 20.9 Å². The molecule has 0 amide bonds. The predicted octanol–water partition coefficient (Wildman–Crippen LogP) is 3.54. The fourth-order valence-corrected chi connectivity index (χ4v) is 3.63. The maximum absolute atomic E-state index is 11.1. The molecule has 1 aromatic heterocycles. The standard InChI is InChI=1S/C18H14BrNO3S/c1-23-14-8-4-12(5-9-14)18-20-17(15(24-18)10-16(21)22)11-2-6-13(19)7-3-11/h2-9H,10H2,1H3,(H,21,22)/p-1. The SMILES string of the molecule is COc1ccc(-c2nc(-c3ccc(Br)cc3)c(CC(=O)[O-])s2)cc1. The first-order valence-electron chi connectivity index (χ1n) is 7.16. The number of aromatic nitrogens is 1. The number of methoxy groups -OCH3 is 1. The predicted molar refractivity (Wildman–Crippen MR) is 95.9 cm³/mol. The highest BCUT2D eigenvalue weighted by atomic mass is 79.9. The Hall–Kier alpha value is -2.18. The monoisotopic (exact) mass is 402 g/mol. The first-order chi connectivity index (χ1) is 11.6. The Kier molecular flexibility index (Phi) is 4.97. The van der Waals surface area contributed by atoms with Crippen LogP contribution in [0.1, 0.15) is 4.88 Å². The van der Waals surface area contributed by atoms with E-state index in [1.807, 2.05) is 48.5 Å². The molecule has 0 unspecified atom stereocenters. The Bertz CT molecular complexity index is 857. The molecule has 0 aliphatic rings. The molecular weight excluding hydrogens is 390 g/mol. The van der Waals surface area contributed by atoms with Gasteiger partial charge in [0.2, 0.25) is 0 Å². The van der Waals surface area contributed by atoms with Gasteiger partial charge in [0.15, 0.2) is 0 Å². The lowest BCUT2D eigenvalue weighted by atomic mass is 10.1. The van der Waals surface area contributed by atoms with Gasteiger partial charge in [0.05, 0.1) is 12.8 Å². The van der Waals surface area contributed by atoms with Crippen LogP contribution < -0.4 is 9.84 Å². The average Bonchev–Trinajstić information content (AvgIpc) is 2.98. The van der Waals surface area contributed by atoms with Crippen molar-refractivity contribution in [2.75, 3.05) is 7.11 Å². The summed E-state index contributed by atoms with van der Waals surface area (Å²) < 4.78 is 6.12. The normalized spacial score (nSPS) is 10.6. The zero-order valence-corrected chi connectivity index (χ0v) is 15.2. The van der Waals surface area contributed by atoms with Crippen molar-refractivity contribution in [1.82, 2.24) is 4.98 Å². The minimum atomic E-state index is -1.11. The number of hydrogen-bond acceptors (Lipinski definition) is 5. The summed E-state index contributed by atoms with van der Waals surface area (Å²) in [4.78, 5) is 16.4. The van der Waals surface area contributed by atoms with Crippen molar-refractivity contribution in [2.45, 2.75) is 6.42 Å². The zero-order chi connectivity index (χ0) is 17.1. The minimum Gasteiger partial charge on any atom is -0.550 e. The van der Waals surface area contributed by atoms with Crippen molar-refractivity contribution in [1.29, 1.82) is 0 Å². The van der Waals surface area contributed by atoms with Gasteiger partial charge in [0.25, 0.3) is 0 Å². The molecule has 1 heterocycles. The van der Waals surface area contributed by atoms with Gasteiger partial charge in [0.1, 0.15) is 10.8 Å². The molecule has 0 saturated heterocycles. The van der Waals surface area contributed by atoms with Crippen molar-refractivity contribution in [3.8, 4) is 27.6 Å². The number of hydrogen-bond donors (Lipinski definition) is 0. The quantitative estimate of drug-likeness (QED) is 0.654. The smallest absolute Gasteiger partial charge is 0.124 e. The summed E-state index contributed by atoms with van der Waals surface area (Å²) in [5, 5.41) is 11.8. The van der Waals surface area contributed by atoms with Gasteiger partial charge in [-0.25, -0.2) is 4.98 Å². The number of nitrogens with zero attached hydrogens (tertiary/aromatic N) is 1. The molecule has 122 valence electrons. The van der Waals surface area contributed by atoms with Crippen LogP contribution >= 0.6 is 27.3 Å². The molecule has 6 heteroatoms. The van der Waals surface area contributed by atoms with E-state index in [9.17, 15) is 9.90 Å². The molecule has 0 bridgehead atoms. The third-order valence-electron chi connectivity index (χ3n) is 3.46. The van der Waals surface area contributed by atoms with E-state index in [0.717, 1.165) is 26.4 Å². The van der Waals surface area contributed by atoms with Crippen molar-refractivity contribution in [3.05, 3.63) is 57.9 Å². The van der Waals surface area contributed by atoms with Gasteiger partial charge in [-0.2, -0.15) is 0 Å². The number of ether oxygens (including phenoxy) is 1. The molecule has 0 saturated carbocycles. The van der Waals surface area contributed by atoms with E-state index in [0.29, 0.717) is 10.6 Å². The van der Waals surface area contributed by atoms with Crippen molar-refractivity contribution in [2.24, 2.45) is 0 Å². The van der Waals surface area contributed by atoms with E-state index in [-0.39, 0.29) is 6.42 Å². The summed E-state index contributed by atoms with van der Waals surface area (Å²) in [7, 11) is 1.61. The Morgan fingerprint density at radius 2 is 1.75 bits per heavy atom. The molecule has 0 aliphatic heterocycles. The zero-order valence-electron chi connectivity index (χ0n) is 12.8. The summed E-state index contributed by atoms with van der Waals surface area (Å²) in [5.41, 5.74) is 2.48. The third kappa shape index (κ3) is 3.66. The van der Waals surface area contributed by atoms with Crippen molar-refractivity contribution < 1.29 is 14.6 Å². The molecular formula is C18H13BrNO3S-. The second-order valence-electron chi connectivity index (χ2n) is 5.07. The fraction of sp³-hybridized carbons (Fsp3) is 0.111. The number of rotatable bonds is 5. The second kappa shape index (κ2) is 7.15. The molecule has 3 rings (SSSR count). The Balaban J connectivity index is 2.04. The van der Waals surface area contributed by atoms with Crippen LogP contribution in [0.4, 0.5) is 0 Å². The molecule has 0 atom stereocenters. The van der Waals surface area contributed by atoms with Crippen LogP contribution in [0.15, 0.2) is 53.0 Å². The number of carboxylic acid groups (broad SMARTS) is 1. The van der Waals surface area contributed by atoms with Gasteiger partial charge in [-0.1, -0.05) is 28.1 Å². The van der Waals surface area contributed by atoms with Crippen LogP contribution in [0.25, 0.3) is 21.8 Å². The van der Waals surface area contributed by atoms with Gasteiger partial charge in [-0.05, 0) is 36.4 Å². The van der Waals surface area contributed by atoms with Crippen LogP contribution in [-0.4, -0.2) is 18.1 Å². The summed E-state index contributed by atoms with van der Waals surface area (Å²) in [6.07, 6.45) is -0.154. The molecule has 0 aliphatic carbocycles. The number of benzene rings is 2. The van der Waals surface area contributed by atoms with E-state index in [4.69, 9.17) is 4.74 Å². The Morgan fingerprint density at radius 1 is 1.12 bits per heavy atom. The van der Waals surface area contributed by atoms with Gasteiger partial charge in [-0.3, -0.25) is 0 Å². The van der Waals surface area contributed by atoms with Crippen LogP contribution in [0, 0.1) is 0 Å². The van der Waals surface area contributed by atoms with E-state index < -0.39 is 5.97 Å². The largest absolute Gasteiger partial charge is 0.550 e. The van der Waals surface area contributed by atoms with Gasteiger partial charge in [0, 0.05) is 32.9 Å². The van der Waals surface area contributed by atoms with Crippen LogP contribution in [-0.2, 0) is 11.2 Å². The Labute approximate surface area is 151 Å². The van der Waals surface area contributed by atoms with Gasteiger partial charge < -0.3 is 14.6 Å². The minimum absolute atomic E-state index is 0.154. The summed E-state index contributed by atoms with van der Waals surface area (Å²) in [6, 6.07) is 15.2. The summed E-state index contributed by atoms with van der Waals surface area (Å²) >= 11 is 4.77. The summed E-state index contributed by atoms with van der Waals surface area (Å²) in [5.74, 6) is -0.350. The number of carboxylic acids is 1. The number of halogens is 1. The van der Waals surface area contributed by atoms with Crippen molar-refractivity contribution >= 4 is 33.2 Å². The lowest BCUT2D eigenvalue weighted by Crippen LogP contribution is -2.24. The number of aliphatic carboxylic acids is 1. The number of carbonyl (C=O) groups excluding carboxylic acids is 1. The first kappa shape index (κ1) is 16.7. The maximum atomic E-state index is 11.1. The lowest BCUT2D eigenvalue weighted by molar-refractivity contribution is -0.304. The fourth-order valence-electron chi connectivity index (χ4n) is 2.29. The van der Waals surface area contributed by atoms with Crippen LogP contribution in [0.3, 0.4) is 0 Å². The third-order valence-corrected chi connectivity index (χ3v) is 5.09. The molecule has 4 nitrogen and oxygen atoms in total. The molecule has 0 N–H and O–H groups in total. The Morgan fingerprint density at radius 3 is 2.33 bits per heavy atom. The van der Waals surface area contributed by atoms with Crippen LogP contribution in [0.5, 0.6) is 5.75 Å². The van der Waals surface area contributed by atoms with Gasteiger partial charge in [-0.15, -0.1) is 11.3 Å². The van der Waals surface area contributed by atoms with Gasteiger partial charge >= 0.3 is 0 Å². The highest BCUT2D eigenvalue weighted by molar-refractivity contribution is 9.10. The molecule has 0 radical (unpaired) electrons. The van der Waals surface area contributed by atoms with Crippen LogP contribution in [0.2, 0.25) is 0 Å². The maximum Gasteiger partial charge on any atom is 0.124 e. The number of carbonyl (C=O) groups is 1. The molecule has 24 heavy (non-hydrogen) atoms. The van der Waals surface area contributed by atoms with E-state index in [1.165, 1.54) is 11.3 Å². The number of thiazole rings is 1. The second-order valence-corrected chi connectivity index (χ2v) is 7.07. The highest BCUT2D eigenvalue weighted by Gasteiger charge is 2.14. The molecule has 3 aromatic rings. The first-order valence-corrected chi connectivity index (χ1v) is 8.77.